The smallest absolute Gasteiger partial charge is 0.262 e. The third-order valence-corrected chi connectivity index (χ3v) is 5.88. The first-order valence-corrected chi connectivity index (χ1v) is 10.6. The zero-order valence-corrected chi connectivity index (χ0v) is 18.2. The van der Waals surface area contributed by atoms with Crippen LogP contribution in [0, 0.1) is 0 Å². The molecule has 2 aliphatic heterocycles. The number of carbonyl (C=O) groups excluding carboxylic acids is 5. The molecule has 1 atom stereocenters. The maximum absolute atomic E-state index is 13.1. The number of nitrogens with one attached hydrogen (secondary N) is 1. The van der Waals surface area contributed by atoms with E-state index in [2.05, 4.69) is 15.5 Å². The molecule has 0 spiro atoms. The Labute approximate surface area is 189 Å². The van der Waals surface area contributed by atoms with E-state index in [0.29, 0.717) is 24.5 Å². The molecule has 3 heterocycles. The highest BCUT2D eigenvalue weighted by molar-refractivity contribution is 6.24. The molecule has 10 nitrogen and oxygen atoms in total. The number of carbonyl (C=O) groups is 5. The topological polar surface area (TPSA) is 136 Å². The number of fused-ring (bicyclic) bond motifs is 1. The molecule has 170 valence electrons. The van der Waals surface area contributed by atoms with Crippen LogP contribution in [0.5, 0.6) is 5.88 Å². The summed E-state index contributed by atoms with van der Waals surface area (Å²) in [5.74, 6) is -2.15. The fraction of sp³-hybridized carbons (Fsp3) is 0.348. The SMILES string of the molecule is CCOc1ccc(C(=O)CCc2ccc3c(c2)C(=O)N([C@@]2(C)CCC(=O)NC2=O)C3=O)nn1. The third-order valence-electron chi connectivity index (χ3n) is 5.88. The number of imide groups is 2. The first kappa shape index (κ1) is 22.3. The first-order valence-electron chi connectivity index (χ1n) is 10.6. The quantitative estimate of drug-likeness (QED) is 0.495. The van der Waals surface area contributed by atoms with Gasteiger partial charge in [-0.3, -0.25) is 34.2 Å². The predicted octanol–water partition coefficient (Wildman–Crippen LogP) is 1.48. The Morgan fingerprint density at radius 2 is 1.85 bits per heavy atom. The van der Waals surface area contributed by atoms with E-state index >= 15 is 0 Å². The predicted molar refractivity (Wildman–Crippen MR) is 114 cm³/mol. The molecular weight excluding hydrogens is 428 g/mol. The van der Waals surface area contributed by atoms with Crippen LogP contribution in [-0.2, 0) is 16.0 Å². The number of aromatic nitrogens is 2. The number of Topliss-reactive ketones (excluding diaryl/α,β-unsaturated/α-hetero) is 1. The van der Waals surface area contributed by atoms with Crippen molar-refractivity contribution in [3.8, 4) is 5.88 Å². The van der Waals surface area contributed by atoms with Gasteiger partial charge in [0.25, 0.3) is 17.7 Å². The van der Waals surface area contributed by atoms with Crippen LogP contribution < -0.4 is 10.1 Å². The summed E-state index contributed by atoms with van der Waals surface area (Å²) in [5, 5.41) is 9.93. The molecule has 0 unspecified atom stereocenters. The summed E-state index contributed by atoms with van der Waals surface area (Å²) in [4.78, 5) is 63.4. The molecule has 2 aliphatic rings. The molecule has 4 rings (SSSR count). The molecule has 1 saturated heterocycles. The number of ketones is 1. The second kappa shape index (κ2) is 8.53. The van der Waals surface area contributed by atoms with Gasteiger partial charge >= 0.3 is 0 Å². The van der Waals surface area contributed by atoms with Crippen molar-refractivity contribution in [1.29, 1.82) is 0 Å². The van der Waals surface area contributed by atoms with Crippen LogP contribution in [0.3, 0.4) is 0 Å². The van der Waals surface area contributed by atoms with Crippen molar-refractivity contribution in [3.63, 3.8) is 0 Å². The second-order valence-electron chi connectivity index (χ2n) is 8.09. The van der Waals surface area contributed by atoms with E-state index in [0.717, 1.165) is 4.90 Å². The minimum absolute atomic E-state index is 0.0391. The average Bonchev–Trinajstić information content (AvgIpc) is 3.05. The Hall–Kier alpha value is -3.95. The third kappa shape index (κ3) is 3.99. The molecule has 0 aliphatic carbocycles. The Kier molecular flexibility index (Phi) is 5.75. The fourth-order valence-corrected chi connectivity index (χ4v) is 3.98. The van der Waals surface area contributed by atoms with Crippen LogP contribution >= 0.6 is 0 Å². The lowest BCUT2D eigenvalue weighted by molar-refractivity contribution is -0.140. The van der Waals surface area contributed by atoms with E-state index < -0.39 is 29.2 Å². The van der Waals surface area contributed by atoms with Gasteiger partial charge in [0.1, 0.15) is 11.2 Å². The molecule has 2 aromatic rings. The second-order valence-corrected chi connectivity index (χ2v) is 8.09. The summed E-state index contributed by atoms with van der Waals surface area (Å²) in [5.41, 5.74) is -0.167. The highest BCUT2D eigenvalue weighted by atomic mass is 16.5. The molecule has 1 fully saturated rings. The van der Waals surface area contributed by atoms with Gasteiger partial charge < -0.3 is 4.74 Å². The minimum atomic E-state index is -1.44. The van der Waals surface area contributed by atoms with Gasteiger partial charge in [-0.15, -0.1) is 10.2 Å². The zero-order chi connectivity index (χ0) is 23.8. The van der Waals surface area contributed by atoms with Crippen LogP contribution in [0.1, 0.15) is 69.9 Å². The van der Waals surface area contributed by atoms with E-state index in [4.69, 9.17) is 4.74 Å². The Bertz CT molecular complexity index is 1180. The van der Waals surface area contributed by atoms with Gasteiger partial charge in [0, 0.05) is 18.9 Å². The average molecular weight is 450 g/mol. The molecule has 1 aromatic heterocycles. The van der Waals surface area contributed by atoms with E-state index in [1.807, 2.05) is 6.92 Å². The highest BCUT2D eigenvalue weighted by Gasteiger charge is 2.52. The Morgan fingerprint density at radius 3 is 2.52 bits per heavy atom. The molecule has 0 bridgehead atoms. The van der Waals surface area contributed by atoms with Crippen LogP contribution in [0.15, 0.2) is 30.3 Å². The van der Waals surface area contributed by atoms with E-state index in [1.165, 1.54) is 13.0 Å². The maximum Gasteiger partial charge on any atom is 0.262 e. The van der Waals surface area contributed by atoms with Gasteiger partial charge in [0.15, 0.2) is 5.78 Å². The highest BCUT2D eigenvalue weighted by Crippen LogP contribution is 2.34. The van der Waals surface area contributed by atoms with Crippen molar-refractivity contribution >= 4 is 29.4 Å². The molecule has 4 amide bonds. The summed E-state index contributed by atoms with van der Waals surface area (Å²) in [6.07, 6.45) is 0.565. The molecule has 33 heavy (non-hydrogen) atoms. The van der Waals surface area contributed by atoms with Gasteiger partial charge in [0.05, 0.1) is 17.7 Å². The summed E-state index contributed by atoms with van der Waals surface area (Å²) in [6, 6.07) is 7.90. The van der Waals surface area contributed by atoms with Crippen molar-refractivity contribution in [2.24, 2.45) is 0 Å². The zero-order valence-electron chi connectivity index (χ0n) is 18.2. The number of aryl methyl sites for hydroxylation is 1. The number of rotatable bonds is 7. The summed E-state index contributed by atoms with van der Waals surface area (Å²) in [6.45, 7) is 3.74. The van der Waals surface area contributed by atoms with Crippen molar-refractivity contribution < 1.29 is 28.7 Å². The monoisotopic (exact) mass is 450 g/mol. The molecule has 10 heteroatoms. The van der Waals surface area contributed by atoms with Crippen molar-refractivity contribution in [3.05, 3.63) is 52.7 Å². The largest absolute Gasteiger partial charge is 0.477 e. The van der Waals surface area contributed by atoms with Crippen LogP contribution in [-0.4, -0.2) is 56.7 Å². The van der Waals surface area contributed by atoms with E-state index in [9.17, 15) is 24.0 Å². The molecular formula is C23H22N4O6. The number of hydrogen-bond acceptors (Lipinski definition) is 8. The number of hydrogen-bond donors (Lipinski definition) is 1. The first-order chi connectivity index (χ1) is 15.7. The van der Waals surface area contributed by atoms with Crippen molar-refractivity contribution in [1.82, 2.24) is 20.4 Å². The summed E-state index contributed by atoms with van der Waals surface area (Å²) in [7, 11) is 0. The van der Waals surface area contributed by atoms with Crippen molar-refractivity contribution in [2.45, 2.75) is 45.1 Å². The lowest BCUT2D eigenvalue weighted by Gasteiger charge is -2.38. The number of nitrogens with zero attached hydrogens (tertiary/aromatic N) is 3. The Balaban J connectivity index is 1.48. The fourth-order valence-electron chi connectivity index (χ4n) is 3.98. The van der Waals surface area contributed by atoms with Crippen LogP contribution in [0.2, 0.25) is 0 Å². The van der Waals surface area contributed by atoms with Gasteiger partial charge in [0.2, 0.25) is 11.8 Å². The summed E-state index contributed by atoms with van der Waals surface area (Å²) >= 11 is 0. The number of piperidine rings is 1. The standard InChI is InChI=1S/C23H22N4O6/c1-3-33-19-9-7-16(25-26-19)17(28)8-5-13-4-6-14-15(12-13)21(31)27(20(14)30)23(2)11-10-18(29)24-22(23)32/h4,6-7,9,12H,3,5,8,10-11H2,1-2H3,(H,24,29,32)/t23-/m0/s1. The molecule has 0 saturated carbocycles. The van der Waals surface area contributed by atoms with Gasteiger partial charge in [-0.2, -0.15) is 0 Å². The lowest BCUT2D eigenvalue weighted by Crippen LogP contribution is -2.62. The van der Waals surface area contributed by atoms with E-state index in [1.54, 1.807) is 24.3 Å². The normalized spacial score (nSPS) is 20.0. The number of amides is 4. The van der Waals surface area contributed by atoms with Gasteiger partial charge in [-0.05, 0) is 50.5 Å². The van der Waals surface area contributed by atoms with Crippen LogP contribution in [0.4, 0.5) is 0 Å². The minimum Gasteiger partial charge on any atom is -0.477 e. The molecule has 1 aromatic carbocycles. The Morgan fingerprint density at radius 1 is 1.09 bits per heavy atom. The number of benzene rings is 1. The van der Waals surface area contributed by atoms with Gasteiger partial charge in [-0.25, -0.2) is 0 Å². The number of ether oxygens (including phenoxy) is 1. The molecule has 0 radical (unpaired) electrons. The van der Waals surface area contributed by atoms with E-state index in [-0.39, 0.29) is 41.9 Å². The maximum atomic E-state index is 13.1. The van der Waals surface area contributed by atoms with Crippen LogP contribution in [0.25, 0.3) is 0 Å². The summed E-state index contributed by atoms with van der Waals surface area (Å²) < 4.78 is 5.21. The molecule has 1 N–H and O–H groups in total. The lowest BCUT2D eigenvalue weighted by atomic mass is 9.89. The van der Waals surface area contributed by atoms with Gasteiger partial charge in [-0.1, -0.05) is 6.07 Å². The van der Waals surface area contributed by atoms with Crippen molar-refractivity contribution in [2.75, 3.05) is 6.61 Å².